The van der Waals surface area contributed by atoms with Gasteiger partial charge < -0.3 is 15.1 Å². The minimum Gasteiger partial charge on any atom is -0.466 e. The molecule has 3 nitrogen and oxygen atoms in total. The van der Waals surface area contributed by atoms with E-state index in [0.29, 0.717) is 0 Å². The van der Waals surface area contributed by atoms with Crippen LogP contribution >= 0.6 is 0 Å². The van der Waals surface area contributed by atoms with Gasteiger partial charge in [-0.25, -0.2) is 0 Å². The number of nitrogens with one attached hydrogen (secondary N) is 2. The van der Waals surface area contributed by atoms with E-state index in [1.54, 1.807) is 0 Å². The van der Waals surface area contributed by atoms with Crippen LogP contribution in [-0.2, 0) is 6.42 Å². The molecular weight excluding hydrogens is 176 g/mol. The SMILES string of the molecule is Cc1ccc(CCNCC2CNC2)o1. The fourth-order valence-corrected chi connectivity index (χ4v) is 1.63. The van der Waals surface area contributed by atoms with Crippen molar-refractivity contribution in [3.8, 4) is 0 Å². The third-order valence-electron chi connectivity index (χ3n) is 2.64. The van der Waals surface area contributed by atoms with Crippen LogP contribution in [0.1, 0.15) is 11.5 Å². The van der Waals surface area contributed by atoms with Crippen LogP contribution in [0.2, 0.25) is 0 Å². The zero-order valence-corrected chi connectivity index (χ0v) is 8.68. The second kappa shape index (κ2) is 4.62. The summed E-state index contributed by atoms with van der Waals surface area (Å²) in [7, 11) is 0. The van der Waals surface area contributed by atoms with E-state index in [0.717, 1.165) is 36.9 Å². The van der Waals surface area contributed by atoms with Gasteiger partial charge in [0.05, 0.1) is 0 Å². The van der Waals surface area contributed by atoms with Crippen molar-refractivity contribution in [2.45, 2.75) is 13.3 Å². The molecule has 0 unspecified atom stereocenters. The van der Waals surface area contributed by atoms with Gasteiger partial charge in [-0.15, -0.1) is 0 Å². The molecule has 14 heavy (non-hydrogen) atoms. The molecule has 2 heterocycles. The Morgan fingerprint density at radius 2 is 2.36 bits per heavy atom. The van der Waals surface area contributed by atoms with Crippen molar-refractivity contribution in [1.29, 1.82) is 0 Å². The van der Waals surface area contributed by atoms with Gasteiger partial charge in [-0.1, -0.05) is 0 Å². The van der Waals surface area contributed by atoms with E-state index in [-0.39, 0.29) is 0 Å². The van der Waals surface area contributed by atoms with Crippen LogP contribution in [0.25, 0.3) is 0 Å². The van der Waals surface area contributed by atoms with Crippen molar-refractivity contribution in [1.82, 2.24) is 10.6 Å². The predicted molar refractivity (Wildman–Crippen MR) is 56.4 cm³/mol. The molecule has 1 aromatic rings. The predicted octanol–water partition coefficient (Wildman–Crippen LogP) is 0.940. The molecule has 0 saturated carbocycles. The Balaban J connectivity index is 1.58. The molecule has 0 aliphatic carbocycles. The zero-order chi connectivity index (χ0) is 9.80. The minimum absolute atomic E-state index is 0.841. The Morgan fingerprint density at radius 3 is 2.93 bits per heavy atom. The van der Waals surface area contributed by atoms with Crippen molar-refractivity contribution in [3.05, 3.63) is 23.7 Å². The smallest absolute Gasteiger partial charge is 0.105 e. The summed E-state index contributed by atoms with van der Waals surface area (Å²) >= 11 is 0. The van der Waals surface area contributed by atoms with Gasteiger partial charge in [0.1, 0.15) is 11.5 Å². The summed E-state index contributed by atoms with van der Waals surface area (Å²) in [6.07, 6.45) is 0.994. The molecule has 1 aliphatic rings. The average molecular weight is 194 g/mol. The van der Waals surface area contributed by atoms with E-state index in [2.05, 4.69) is 16.7 Å². The standard InChI is InChI=1S/C11H18N2O/c1-9-2-3-11(14-9)4-5-12-6-10-7-13-8-10/h2-3,10,12-13H,4-8H2,1H3. The number of rotatable bonds is 5. The van der Waals surface area contributed by atoms with Gasteiger partial charge in [0.15, 0.2) is 0 Å². The highest BCUT2D eigenvalue weighted by Gasteiger charge is 2.15. The number of hydrogen-bond donors (Lipinski definition) is 2. The molecule has 0 amide bonds. The van der Waals surface area contributed by atoms with Crippen LogP contribution in [0.5, 0.6) is 0 Å². The van der Waals surface area contributed by atoms with Crippen LogP contribution in [-0.4, -0.2) is 26.2 Å². The lowest BCUT2D eigenvalue weighted by atomic mass is 10.0. The first-order valence-corrected chi connectivity index (χ1v) is 5.31. The maximum atomic E-state index is 5.48. The highest BCUT2D eigenvalue weighted by Crippen LogP contribution is 2.06. The first-order chi connectivity index (χ1) is 6.84. The first-order valence-electron chi connectivity index (χ1n) is 5.31. The van der Waals surface area contributed by atoms with Gasteiger partial charge in [-0.05, 0) is 25.0 Å². The summed E-state index contributed by atoms with van der Waals surface area (Å²) in [5.74, 6) is 2.93. The maximum Gasteiger partial charge on any atom is 0.105 e. The largest absolute Gasteiger partial charge is 0.466 e. The van der Waals surface area contributed by atoms with E-state index in [1.165, 1.54) is 13.1 Å². The third kappa shape index (κ3) is 2.59. The van der Waals surface area contributed by atoms with Crippen LogP contribution in [0.4, 0.5) is 0 Å². The van der Waals surface area contributed by atoms with Crippen LogP contribution in [0.15, 0.2) is 16.5 Å². The Kier molecular flexibility index (Phi) is 3.22. The lowest BCUT2D eigenvalue weighted by Gasteiger charge is -2.27. The second-order valence-corrected chi connectivity index (χ2v) is 3.99. The maximum absolute atomic E-state index is 5.48. The summed E-state index contributed by atoms with van der Waals surface area (Å²) in [5.41, 5.74) is 0. The highest BCUT2D eigenvalue weighted by atomic mass is 16.3. The highest BCUT2D eigenvalue weighted by molar-refractivity contribution is 5.05. The van der Waals surface area contributed by atoms with Gasteiger partial charge in [0, 0.05) is 32.6 Å². The molecule has 78 valence electrons. The molecule has 0 aromatic carbocycles. The number of furan rings is 1. The van der Waals surface area contributed by atoms with E-state index in [1.807, 2.05) is 13.0 Å². The fraction of sp³-hybridized carbons (Fsp3) is 0.636. The summed E-state index contributed by atoms with van der Waals surface area (Å²) in [6.45, 7) is 6.48. The van der Waals surface area contributed by atoms with Crippen molar-refractivity contribution in [2.24, 2.45) is 5.92 Å². The number of aryl methyl sites for hydroxylation is 1. The van der Waals surface area contributed by atoms with Gasteiger partial charge in [0.25, 0.3) is 0 Å². The second-order valence-electron chi connectivity index (χ2n) is 3.99. The molecule has 2 rings (SSSR count). The molecule has 0 bridgehead atoms. The number of hydrogen-bond acceptors (Lipinski definition) is 3. The normalized spacial score (nSPS) is 16.9. The first kappa shape index (κ1) is 9.74. The summed E-state index contributed by atoms with van der Waals surface area (Å²) in [4.78, 5) is 0. The molecule has 2 N–H and O–H groups in total. The lowest BCUT2D eigenvalue weighted by molar-refractivity contribution is 0.331. The molecule has 1 fully saturated rings. The monoisotopic (exact) mass is 194 g/mol. The summed E-state index contributed by atoms with van der Waals surface area (Å²) in [5, 5.41) is 6.71. The topological polar surface area (TPSA) is 37.2 Å². The third-order valence-corrected chi connectivity index (χ3v) is 2.64. The molecular formula is C11H18N2O. The zero-order valence-electron chi connectivity index (χ0n) is 8.68. The van der Waals surface area contributed by atoms with Crippen LogP contribution in [0.3, 0.4) is 0 Å². The Bertz CT molecular complexity index is 279. The van der Waals surface area contributed by atoms with Crippen molar-refractivity contribution < 1.29 is 4.42 Å². The van der Waals surface area contributed by atoms with Gasteiger partial charge in [-0.2, -0.15) is 0 Å². The van der Waals surface area contributed by atoms with Crippen molar-refractivity contribution in [2.75, 3.05) is 26.2 Å². The quantitative estimate of drug-likeness (QED) is 0.685. The van der Waals surface area contributed by atoms with Gasteiger partial charge in [0.2, 0.25) is 0 Å². The molecule has 1 saturated heterocycles. The van der Waals surface area contributed by atoms with E-state index in [9.17, 15) is 0 Å². The Morgan fingerprint density at radius 1 is 1.50 bits per heavy atom. The minimum atomic E-state index is 0.841. The van der Waals surface area contributed by atoms with Crippen LogP contribution in [0, 0.1) is 12.8 Å². The van der Waals surface area contributed by atoms with Gasteiger partial charge >= 0.3 is 0 Å². The Hall–Kier alpha value is -0.800. The molecule has 1 aromatic heterocycles. The van der Waals surface area contributed by atoms with E-state index < -0.39 is 0 Å². The molecule has 0 radical (unpaired) electrons. The molecule has 3 heteroatoms. The average Bonchev–Trinajstić information content (AvgIpc) is 2.48. The van der Waals surface area contributed by atoms with E-state index >= 15 is 0 Å². The Labute approximate surface area is 84.9 Å². The van der Waals surface area contributed by atoms with Crippen molar-refractivity contribution >= 4 is 0 Å². The summed E-state index contributed by atoms with van der Waals surface area (Å²) < 4.78 is 5.48. The summed E-state index contributed by atoms with van der Waals surface area (Å²) in [6, 6.07) is 4.08. The fourth-order valence-electron chi connectivity index (χ4n) is 1.63. The van der Waals surface area contributed by atoms with Gasteiger partial charge in [-0.3, -0.25) is 0 Å². The van der Waals surface area contributed by atoms with Crippen molar-refractivity contribution in [3.63, 3.8) is 0 Å². The lowest BCUT2D eigenvalue weighted by Crippen LogP contribution is -2.47. The molecule has 0 spiro atoms. The molecule has 1 aliphatic heterocycles. The van der Waals surface area contributed by atoms with E-state index in [4.69, 9.17) is 4.42 Å². The molecule has 0 atom stereocenters. The van der Waals surface area contributed by atoms with Crippen LogP contribution < -0.4 is 10.6 Å².